The molecule has 0 bridgehead atoms. The number of aromatic carboxylic acids is 1. The lowest BCUT2D eigenvalue weighted by molar-refractivity contribution is -0.128. The zero-order valence-electron chi connectivity index (χ0n) is 11.3. The topological polar surface area (TPSA) is 119 Å². The fourth-order valence-corrected chi connectivity index (χ4v) is 2.09. The van der Waals surface area contributed by atoms with E-state index in [1.807, 2.05) is 0 Å². The maximum atomic E-state index is 11.8. The van der Waals surface area contributed by atoms with Crippen molar-refractivity contribution in [2.75, 3.05) is 18.9 Å². The van der Waals surface area contributed by atoms with Gasteiger partial charge in [0.25, 0.3) is 0 Å². The van der Waals surface area contributed by atoms with Crippen LogP contribution in [-0.4, -0.2) is 52.7 Å². The molecule has 1 unspecified atom stereocenters. The Labute approximate surface area is 120 Å². The molecule has 0 saturated carbocycles. The first-order valence-corrected chi connectivity index (χ1v) is 6.27. The third kappa shape index (κ3) is 3.22. The van der Waals surface area contributed by atoms with Crippen molar-refractivity contribution < 1.29 is 24.6 Å². The van der Waals surface area contributed by atoms with Gasteiger partial charge in [-0.3, -0.25) is 4.79 Å². The van der Waals surface area contributed by atoms with E-state index in [0.717, 1.165) is 6.07 Å². The number of anilines is 1. The predicted octanol–water partition coefficient (Wildman–Crippen LogP) is 0.443. The summed E-state index contributed by atoms with van der Waals surface area (Å²) in [6.07, 6.45) is 0.504. The van der Waals surface area contributed by atoms with Gasteiger partial charge in [0.15, 0.2) is 0 Å². The number of likely N-dealkylation sites (tertiary alicyclic amines) is 1. The van der Waals surface area contributed by atoms with Crippen LogP contribution in [0.3, 0.4) is 0 Å². The van der Waals surface area contributed by atoms with Gasteiger partial charge in [-0.1, -0.05) is 0 Å². The molecule has 1 heterocycles. The average molecular weight is 293 g/mol. The maximum Gasteiger partial charge on any atom is 0.337 e. The molecule has 1 aromatic carbocycles. The molecule has 1 aliphatic rings. The molecule has 21 heavy (non-hydrogen) atoms. The fourth-order valence-electron chi connectivity index (χ4n) is 2.09. The number of likely N-dealkylation sites (N-methyl/N-ethyl adjacent to an activating group) is 1. The summed E-state index contributed by atoms with van der Waals surface area (Å²) in [6.45, 7) is 0.559. The molecular weight excluding hydrogens is 278 g/mol. The van der Waals surface area contributed by atoms with Gasteiger partial charge in [-0.15, -0.1) is 0 Å². The summed E-state index contributed by atoms with van der Waals surface area (Å²) in [5.74, 6) is -1.68. The molecule has 3 amide bonds. The lowest BCUT2D eigenvalue weighted by Crippen LogP contribution is -2.42. The van der Waals surface area contributed by atoms with Crippen LogP contribution >= 0.6 is 0 Å². The van der Waals surface area contributed by atoms with Crippen molar-refractivity contribution in [2.24, 2.45) is 0 Å². The highest BCUT2D eigenvalue weighted by atomic mass is 16.4. The predicted molar refractivity (Wildman–Crippen MR) is 73.3 cm³/mol. The average Bonchev–Trinajstić information content (AvgIpc) is 2.72. The normalized spacial score (nSPS) is 17.7. The third-order valence-corrected chi connectivity index (χ3v) is 3.21. The Hall–Kier alpha value is -2.77. The number of benzene rings is 1. The van der Waals surface area contributed by atoms with Crippen LogP contribution < -0.4 is 10.6 Å². The number of rotatable bonds is 3. The lowest BCUT2D eigenvalue weighted by Gasteiger charge is -2.14. The minimum Gasteiger partial charge on any atom is -0.508 e. The van der Waals surface area contributed by atoms with Gasteiger partial charge in [-0.25, -0.2) is 9.59 Å². The number of hydrogen-bond acceptors (Lipinski definition) is 4. The van der Waals surface area contributed by atoms with Crippen molar-refractivity contribution in [3.05, 3.63) is 23.8 Å². The number of urea groups is 1. The summed E-state index contributed by atoms with van der Waals surface area (Å²) in [5, 5.41) is 23.2. The highest BCUT2D eigenvalue weighted by Crippen LogP contribution is 2.21. The van der Waals surface area contributed by atoms with Crippen LogP contribution in [0.1, 0.15) is 16.8 Å². The Kier molecular flexibility index (Phi) is 3.97. The van der Waals surface area contributed by atoms with Gasteiger partial charge in [0.05, 0.1) is 11.3 Å². The molecule has 0 radical (unpaired) electrons. The Balaban J connectivity index is 2.06. The number of phenols is 1. The number of amides is 3. The zero-order chi connectivity index (χ0) is 15.6. The van der Waals surface area contributed by atoms with E-state index in [0.29, 0.717) is 13.0 Å². The van der Waals surface area contributed by atoms with E-state index < -0.39 is 18.0 Å². The molecule has 112 valence electrons. The molecule has 1 aliphatic heterocycles. The van der Waals surface area contributed by atoms with Crippen molar-refractivity contribution >= 4 is 23.6 Å². The van der Waals surface area contributed by atoms with E-state index in [1.54, 1.807) is 7.05 Å². The number of carbonyl (C=O) groups excluding carboxylic acids is 2. The molecule has 1 saturated heterocycles. The zero-order valence-corrected chi connectivity index (χ0v) is 11.3. The Morgan fingerprint density at radius 3 is 2.67 bits per heavy atom. The summed E-state index contributed by atoms with van der Waals surface area (Å²) in [4.78, 5) is 36.1. The SMILES string of the molecule is CN1CCC(NC(=O)Nc2ccc(O)cc2C(=O)O)C1=O. The van der Waals surface area contributed by atoms with Crippen LogP contribution in [0.2, 0.25) is 0 Å². The smallest absolute Gasteiger partial charge is 0.337 e. The third-order valence-electron chi connectivity index (χ3n) is 3.21. The summed E-state index contributed by atoms with van der Waals surface area (Å²) < 4.78 is 0. The molecule has 8 heteroatoms. The highest BCUT2D eigenvalue weighted by Gasteiger charge is 2.30. The molecule has 1 fully saturated rings. The molecule has 0 aromatic heterocycles. The second-order valence-electron chi connectivity index (χ2n) is 4.73. The Morgan fingerprint density at radius 1 is 1.38 bits per heavy atom. The van der Waals surface area contributed by atoms with Crippen molar-refractivity contribution in [3.8, 4) is 5.75 Å². The van der Waals surface area contributed by atoms with Gasteiger partial charge in [0, 0.05) is 13.6 Å². The second-order valence-corrected chi connectivity index (χ2v) is 4.73. The van der Waals surface area contributed by atoms with Crippen molar-refractivity contribution in [3.63, 3.8) is 0 Å². The lowest BCUT2D eigenvalue weighted by atomic mass is 10.1. The number of nitrogens with one attached hydrogen (secondary N) is 2. The first-order chi connectivity index (χ1) is 9.88. The van der Waals surface area contributed by atoms with Gasteiger partial charge in [0.1, 0.15) is 11.8 Å². The van der Waals surface area contributed by atoms with Crippen LogP contribution in [0.15, 0.2) is 18.2 Å². The van der Waals surface area contributed by atoms with Gasteiger partial charge in [0.2, 0.25) is 5.91 Å². The summed E-state index contributed by atoms with van der Waals surface area (Å²) in [7, 11) is 1.64. The van der Waals surface area contributed by atoms with E-state index in [9.17, 15) is 19.5 Å². The minimum absolute atomic E-state index is 0.0385. The number of carboxylic acids is 1. The van der Waals surface area contributed by atoms with Gasteiger partial charge >= 0.3 is 12.0 Å². The molecule has 1 atom stereocenters. The van der Waals surface area contributed by atoms with Crippen LogP contribution in [0, 0.1) is 0 Å². The van der Waals surface area contributed by atoms with E-state index in [4.69, 9.17) is 5.11 Å². The Morgan fingerprint density at radius 2 is 2.10 bits per heavy atom. The molecule has 0 spiro atoms. The number of aromatic hydroxyl groups is 1. The summed E-state index contributed by atoms with van der Waals surface area (Å²) >= 11 is 0. The van der Waals surface area contributed by atoms with Crippen LogP contribution in [-0.2, 0) is 4.79 Å². The quantitative estimate of drug-likeness (QED) is 0.603. The number of hydrogen-bond donors (Lipinski definition) is 4. The fraction of sp³-hybridized carbons (Fsp3) is 0.308. The Bertz CT molecular complexity index is 601. The van der Waals surface area contributed by atoms with Gasteiger partial charge < -0.3 is 25.7 Å². The van der Waals surface area contributed by atoms with Crippen molar-refractivity contribution in [1.82, 2.24) is 10.2 Å². The first-order valence-electron chi connectivity index (χ1n) is 6.27. The van der Waals surface area contributed by atoms with Crippen LogP contribution in [0.4, 0.5) is 10.5 Å². The number of carboxylic acid groups (broad SMARTS) is 1. The maximum absolute atomic E-state index is 11.8. The monoisotopic (exact) mass is 293 g/mol. The number of nitrogens with zero attached hydrogens (tertiary/aromatic N) is 1. The van der Waals surface area contributed by atoms with Crippen molar-refractivity contribution in [2.45, 2.75) is 12.5 Å². The largest absolute Gasteiger partial charge is 0.508 e. The van der Waals surface area contributed by atoms with Crippen LogP contribution in [0.25, 0.3) is 0 Å². The molecule has 8 nitrogen and oxygen atoms in total. The summed E-state index contributed by atoms with van der Waals surface area (Å²) in [6, 6.07) is 2.29. The molecule has 4 N–H and O–H groups in total. The van der Waals surface area contributed by atoms with Gasteiger partial charge in [-0.2, -0.15) is 0 Å². The molecule has 1 aromatic rings. The second kappa shape index (κ2) is 5.70. The van der Waals surface area contributed by atoms with Crippen LogP contribution in [0.5, 0.6) is 5.75 Å². The van der Waals surface area contributed by atoms with E-state index >= 15 is 0 Å². The molecule has 2 rings (SSSR count). The minimum atomic E-state index is -1.28. The number of carbonyl (C=O) groups is 3. The van der Waals surface area contributed by atoms with E-state index in [1.165, 1.54) is 17.0 Å². The summed E-state index contributed by atoms with van der Waals surface area (Å²) in [5.41, 5.74) is -0.198. The van der Waals surface area contributed by atoms with E-state index in [2.05, 4.69) is 10.6 Å². The van der Waals surface area contributed by atoms with E-state index in [-0.39, 0.29) is 22.9 Å². The van der Waals surface area contributed by atoms with Gasteiger partial charge in [-0.05, 0) is 24.6 Å². The highest BCUT2D eigenvalue weighted by molar-refractivity contribution is 6.01. The van der Waals surface area contributed by atoms with Crippen molar-refractivity contribution in [1.29, 1.82) is 0 Å². The standard InChI is InChI=1S/C13H15N3O5/c1-16-5-4-10(11(16)18)15-13(21)14-9-3-2-7(17)6-8(9)12(19)20/h2-3,6,10,17H,4-5H2,1H3,(H,19,20)(H2,14,15,21). The first kappa shape index (κ1) is 14.6. The molecular formula is C13H15N3O5. The molecule has 0 aliphatic carbocycles. The number of phenolic OH excluding ortho intramolecular Hbond substituents is 1.